The van der Waals surface area contributed by atoms with E-state index in [1.54, 1.807) is 0 Å². The molecule has 0 aliphatic rings. The maximum absolute atomic E-state index is 4.18. The average molecular weight is 322 g/mol. The molecule has 0 unspecified atom stereocenters. The predicted octanol–water partition coefficient (Wildman–Crippen LogP) is 4.32. The van der Waals surface area contributed by atoms with Crippen molar-refractivity contribution in [1.29, 1.82) is 0 Å². The first-order chi connectivity index (χ1) is 8.83. The largest absolute Gasteiger partial charge is 0.663 e. The summed E-state index contributed by atoms with van der Waals surface area (Å²) in [5, 5.41) is 16.7. The van der Waals surface area contributed by atoms with Gasteiger partial charge >= 0.3 is 0 Å². The van der Waals surface area contributed by atoms with E-state index in [-0.39, 0.29) is 19.5 Å². The van der Waals surface area contributed by atoms with Crippen molar-refractivity contribution in [3.63, 3.8) is 0 Å². The Morgan fingerprint density at radius 3 is 0.842 bits per heavy atom. The summed E-state index contributed by atoms with van der Waals surface area (Å²) in [4.78, 5) is 0. The van der Waals surface area contributed by atoms with E-state index in [0.717, 1.165) is 65.2 Å². The monoisotopic (exact) mass is 320 g/mol. The summed E-state index contributed by atoms with van der Waals surface area (Å²) in [6.07, 6.45) is 2.25. The van der Waals surface area contributed by atoms with E-state index >= 15 is 0 Å². The SMILES string of the molecule is CC[N-]CCC[N-]CC.CC[N-]CCC[N-]CC.[Zn]. The van der Waals surface area contributed by atoms with E-state index in [0.29, 0.717) is 0 Å². The molecule has 0 N–H and O–H groups in total. The molecule has 0 rings (SSSR count). The number of hydrogen-bond acceptors (Lipinski definition) is 0. The van der Waals surface area contributed by atoms with Crippen molar-refractivity contribution >= 4 is 0 Å². The molecule has 0 aliphatic heterocycles. The summed E-state index contributed by atoms with van der Waals surface area (Å²) in [6, 6.07) is 0. The molecule has 0 heterocycles. The predicted molar refractivity (Wildman–Crippen MR) is 84.3 cm³/mol. The second kappa shape index (κ2) is 26.9. The molecule has 0 bridgehead atoms. The fraction of sp³-hybridized carbons (Fsp3) is 1.00. The van der Waals surface area contributed by atoms with Crippen molar-refractivity contribution in [1.82, 2.24) is 0 Å². The van der Waals surface area contributed by atoms with Crippen molar-refractivity contribution < 1.29 is 19.5 Å². The smallest absolute Gasteiger partial charge is 0 e. The van der Waals surface area contributed by atoms with Crippen molar-refractivity contribution in [3.8, 4) is 0 Å². The van der Waals surface area contributed by atoms with Crippen molar-refractivity contribution in [2.24, 2.45) is 0 Å². The van der Waals surface area contributed by atoms with Crippen LogP contribution in [0.1, 0.15) is 40.5 Å². The third-order valence-electron chi connectivity index (χ3n) is 2.16. The van der Waals surface area contributed by atoms with Gasteiger partial charge in [-0.1, -0.05) is 40.5 Å². The minimum absolute atomic E-state index is 0. The molecule has 5 heteroatoms. The van der Waals surface area contributed by atoms with Crippen molar-refractivity contribution in [3.05, 3.63) is 21.3 Å². The van der Waals surface area contributed by atoms with Crippen LogP contribution in [0.25, 0.3) is 21.3 Å². The van der Waals surface area contributed by atoms with Gasteiger partial charge in [-0.05, 0) is 0 Å². The van der Waals surface area contributed by atoms with Gasteiger partial charge in [0, 0.05) is 19.5 Å². The van der Waals surface area contributed by atoms with E-state index in [1.165, 1.54) is 0 Å². The zero-order chi connectivity index (χ0) is 13.9. The van der Waals surface area contributed by atoms with Crippen LogP contribution < -0.4 is 0 Å². The van der Waals surface area contributed by atoms with Gasteiger partial charge < -0.3 is 21.3 Å². The van der Waals surface area contributed by atoms with Gasteiger partial charge in [0.15, 0.2) is 0 Å². The summed E-state index contributed by atoms with van der Waals surface area (Å²) in [5.41, 5.74) is 0. The second-order valence-electron chi connectivity index (χ2n) is 3.76. The van der Waals surface area contributed by atoms with Crippen LogP contribution in [0.4, 0.5) is 0 Å². The minimum atomic E-state index is 0. The molecule has 0 aromatic carbocycles. The van der Waals surface area contributed by atoms with Gasteiger partial charge in [-0.2, -0.15) is 52.4 Å². The van der Waals surface area contributed by atoms with Gasteiger partial charge in [-0.3, -0.25) is 0 Å². The summed E-state index contributed by atoms with van der Waals surface area (Å²) < 4.78 is 0. The summed E-state index contributed by atoms with van der Waals surface area (Å²) in [7, 11) is 0. The van der Waals surface area contributed by atoms with Gasteiger partial charge in [0.2, 0.25) is 0 Å². The minimum Gasteiger partial charge on any atom is -0.663 e. The van der Waals surface area contributed by atoms with Gasteiger partial charge in [-0.15, -0.1) is 0 Å². The van der Waals surface area contributed by atoms with Crippen LogP contribution in [0.3, 0.4) is 0 Å². The third kappa shape index (κ3) is 32.2. The maximum atomic E-state index is 4.18. The maximum Gasteiger partial charge on any atom is 0 e. The van der Waals surface area contributed by atoms with Crippen LogP contribution in [0.2, 0.25) is 0 Å². The van der Waals surface area contributed by atoms with Gasteiger partial charge in [0.1, 0.15) is 0 Å². The van der Waals surface area contributed by atoms with E-state index in [4.69, 9.17) is 0 Å². The van der Waals surface area contributed by atoms with E-state index in [2.05, 4.69) is 49.0 Å². The van der Waals surface area contributed by atoms with Gasteiger partial charge in [0.25, 0.3) is 0 Å². The Morgan fingerprint density at radius 1 is 0.474 bits per heavy atom. The molecule has 0 aliphatic carbocycles. The molecule has 19 heavy (non-hydrogen) atoms. The van der Waals surface area contributed by atoms with Crippen LogP contribution in [0.5, 0.6) is 0 Å². The first kappa shape index (κ1) is 24.5. The van der Waals surface area contributed by atoms with E-state index in [1.807, 2.05) is 0 Å². The van der Waals surface area contributed by atoms with Crippen molar-refractivity contribution in [2.75, 3.05) is 52.4 Å². The number of nitrogens with zero attached hydrogens (tertiary/aromatic N) is 4. The quantitative estimate of drug-likeness (QED) is 0.379. The number of hydrogen-bond donors (Lipinski definition) is 0. The fourth-order valence-electron chi connectivity index (χ4n) is 1.22. The number of rotatable bonds is 12. The van der Waals surface area contributed by atoms with Crippen LogP contribution in [-0.2, 0) is 19.5 Å². The summed E-state index contributed by atoms with van der Waals surface area (Å²) in [6.45, 7) is 16.0. The molecule has 0 spiro atoms. The molecule has 0 saturated heterocycles. The Balaban J connectivity index is -0.000000256. The molecule has 0 radical (unpaired) electrons. The fourth-order valence-corrected chi connectivity index (χ4v) is 1.22. The van der Waals surface area contributed by atoms with Crippen molar-refractivity contribution in [2.45, 2.75) is 40.5 Å². The Labute approximate surface area is 134 Å². The molecular formula is C14H32N4Zn-4. The molecule has 0 saturated carbocycles. The average Bonchev–Trinajstić information content (AvgIpc) is 2.39. The van der Waals surface area contributed by atoms with Crippen LogP contribution in [0.15, 0.2) is 0 Å². The second-order valence-corrected chi connectivity index (χ2v) is 3.76. The standard InChI is InChI=1S/2C7H16N2.Zn/c2*1-3-8-6-5-7-9-4-2;/h2*3-7H2,1-2H3;/q2*-2;. The van der Waals surface area contributed by atoms with Crippen LogP contribution in [-0.4, -0.2) is 52.4 Å². The molecule has 114 valence electrons. The molecule has 0 aromatic rings. The Bertz CT molecular complexity index is 100. The first-order valence-corrected chi connectivity index (χ1v) is 7.36. The Kier molecular flexibility index (Phi) is 34.7. The van der Waals surface area contributed by atoms with E-state index in [9.17, 15) is 0 Å². The topological polar surface area (TPSA) is 56.4 Å². The van der Waals surface area contributed by atoms with Gasteiger partial charge in [-0.25, -0.2) is 0 Å². The molecular weight excluding hydrogens is 290 g/mol. The molecule has 0 atom stereocenters. The molecule has 0 aromatic heterocycles. The Morgan fingerprint density at radius 2 is 0.684 bits per heavy atom. The summed E-state index contributed by atoms with van der Waals surface area (Å²) in [5.74, 6) is 0. The first-order valence-electron chi connectivity index (χ1n) is 7.36. The Hall–Kier alpha value is 0.463. The van der Waals surface area contributed by atoms with E-state index < -0.39 is 0 Å². The van der Waals surface area contributed by atoms with Crippen LogP contribution >= 0.6 is 0 Å². The molecule has 0 fully saturated rings. The normalized spacial score (nSPS) is 9.47. The zero-order valence-corrected chi connectivity index (χ0v) is 16.5. The summed E-state index contributed by atoms with van der Waals surface area (Å²) >= 11 is 0. The van der Waals surface area contributed by atoms with Crippen LogP contribution in [0, 0.1) is 0 Å². The molecule has 4 nitrogen and oxygen atoms in total. The zero-order valence-electron chi connectivity index (χ0n) is 13.6. The van der Waals surface area contributed by atoms with Gasteiger partial charge in [0.05, 0.1) is 0 Å². The third-order valence-corrected chi connectivity index (χ3v) is 2.16. The molecule has 0 amide bonds.